The van der Waals surface area contributed by atoms with Crippen LogP contribution in [0, 0.1) is 0 Å². The molecule has 2 fully saturated rings. The normalized spacial score (nSPS) is 34.1. The SMILES string of the molecule is CC1O[C@@H](OC2[C@H](c3c(O)cc(O)c4c(=O)cc(-c5ccc(O)cc5)oc34)OC(CO)[C@@H](O)[C@H]2O)C(O)[C@@H](O)[C@@H]1O. The van der Waals surface area contributed by atoms with Crippen molar-refractivity contribution in [2.24, 2.45) is 0 Å². The van der Waals surface area contributed by atoms with E-state index in [0.717, 1.165) is 12.1 Å². The Labute approximate surface area is 231 Å². The van der Waals surface area contributed by atoms with Gasteiger partial charge in [-0.3, -0.25) is 4.79 Å². The molecule has 2 aromatic carbocycles. The van der Waals surface area contributed by atoms with Crippen LogP contribution in [0.4, 0.5) is 0 Å². The zero-order valence-corrected chi connectivity index (χ0v) is 21.5. The van der Waals surface area contributed by atoms with Gasteiger partial charge in [-0.2, -0.15) is 0 Å². The summed E-state index contributed by atoms with van der Waals surface area (Å²) >= 11 is 0. The van der Waals surface area contributed by atoms with Crippen LogP contribution in [0.5, 0.6) is 17.2 Å². The molecule has 5 rings (SSSR count). The molecule has 10 atom stereocenters. The lowest BCUT2D eigenvalue weighted by molar-refractivity contribution is -0.338. The topological polar surface area (TPSA) is 240 Å². The van der Waals surface area contributed by atoms with Crippen LogP contribution in [-0.4, -0.2) is 108 Å². The number of aliphatic hydroxyl groups excluding tert-OH is 6. The Hall–Kier alpha value is -3.31. The molecule has 1 aromatic heterocycles. The van der Waals surface area contributed by atoms with Gasteiger partial charge in [0.1, 0.15) is 77.2 Å². The van der Waals surface area contributed by atoms with E-state index < -0.39 is 84.8 Å². The van der Waals surface area contributed by atoms with Gasteiger partial charge in [0.05, 0.1) is 18.3 Å². The van der Waals surface area contributed by atoms with Gasteiger partial charge < -0.3 is 64.6 Å². The number of rotatable bonds is 5. The van der Waals surface area contributed by atoms with Gasteiger partial charge in [-0.05, 0) is 31.2 Å². The highest BCUT2D eigenvalue weighted by Gasteiger charge is 2.51. The van der Waals surface area contributed by atoms with Crippen LogP contribution in [-0.2, 0) is 14.2 Å². The number of ether oxygens (including phenoxy) is 3. The van der Waals surface area contributed by atoms with Crippen LogP contribution in [0.15, 0.2) is 45.6 Å². The second-order valence-corrected chi connectivity index (χ2v) is 10.1. The molecule has 3 heterocycles. The maximum absolute atomic E-state index is 13.1. The Morgan fingerprint density at radius 3 is 2.17 bits per heavy atom. The van der Waals surface area contributed by atoms with Gasteiger partial charge in [0, 0.05) is 17.7 Å². The zero-order valence-electron chi connectivity index (χ0n) is 21.5. The summed E-state index contributed by atoms with van der Waals surface area (Å²) < 4.78 is 23.0. The Morgan fingerprint density at radius 1 is 0.829 bits per heavy atom. The molecule has 222 valence electrons. The van der Waals surface area contributed by atoms with Gasteiger partial charge >= 0.3 is 0 Å². The van der Waals surface area contributed by atoms with E-state index in [1.807, 2.05) is 0 Å². The third-order valence-electron chi connectivity index (χ3n) is 7.40. The van der Waals surface area contributed by atoms with Gasteiger partial charge in [0.25, 0.3) is 0 Å². The molecule has 2 aliphatic heterocycles. The average molecular weight is 579 g/mol. The molecule has 0 amide bonds. The lowest BCUT2D eigenvalue weighted by atomic mass is 9.89. The molecule has 4 unspecified atom stereocenters. The molecule has 0 radical (unpaired) electrons. The Bertz CT molecular complexity index is 1460. The van der Waals surface area contributed by atoms with Crippen LogP contribution >= 0.6 is 0 Å². The number of hydrogen-bond acceptors (Lipinski definition) is 14. The van der Waals surface area contributed by atoms with E-state index in [4.69, 9.17) is 18.6 Å². The van der Waals surface area contributed by atoms with Crippen LogP contribution in [0.1, 0.15) is 18.6 Å². The molecule has 3 aromatic rings. The van der Waals surface area contributed by atoms with E-state index in [1.54, 1.807) is 0 Å². The summed E-state index contributed by atoms with van der Waals surface area (Å²) in [6.07, 6.45) is -16.0. The lowest BCUT2D eigenvalue weighted by Crippen LogP contribution is -2.61. The van der Waals surface area contributed by atoms with Gasteiger partial charge in [0.15, 0.2) is 17.3 Å². The van der Waals surface area contributed by atoms with Crippen LogP contribution < -0.4 is 5.43 Å². The minimum Gasteiger partial charge on any atom is -0.508 e. The first kappa shape index (κ1) is 29.2. The van der Waals surface area contributed by atoms with E-state index in [0.29, 0.717) is 5.56 Å². The minimum absolute atomic E-state index is 0.0294. The summed E-state index contributed by atoms with van der Waals surface area (Å²) in [6.45, 7) is 0.613. The van der Waals surface area contributed by atoms with E-state index in [1.165, 1.54) is 31.2 Å². The lowest BCUT2D eigenvalue weighted by Gasteiger charge is -2.46. The van der Waals surface area contributed by atoms with E-state index in [9.17, 15) is 50.8 Å². The third-order valence-corrected chi connectivity index (χ3v) is 7.40. The molecule has 0 saturated carbocycles. The summed E-state index contributed by atoms with van der Waals surface area (Å²) in [6, 6.07) is 7.53. The number of phenols is 3. The molecule has 0 aliphatic carbocycles. The zero-order chi connectivity index (χ0) is 29.7. The monoisotopic (exact) mass is 578 g/mol. The molecule has 2 saturated heterocycles. The van der Waals surface area contributed by atoms with E-state index >= 15 is 0 Å². The number of fused-ring (bicyclic) bond motifs is 1. The summed E-state index contributed by atoms with van der Waals surface area (Å²) in [7, 11) is 0. The highest BCUT2D eigenvalue weighted by molar-refractivity contribution is 5.89. The molecule has 14 heteroatoms. The maximum atomic E-state index is 13.1. The number of hydrogen-bond donors (Lipinski definition) is 9. The van der Waals surface area contributed by atoms with Crippen molar-refractivity contribution in [3.05, 3.63) is 52.2 Å². The van der Waals surface area contributed by atoms with Crippen LogP contribution in [0.3, 0.4) is 0 Å². The number of benzene rings is 2. The summed E-state index contributed by atoms with van der Waals surface area (Å²) in [5, 5.41) is 93.0. The quantitative estimate of drug-likeness (QED) is 0.175. The molecule has 0 spiro atoms. The van der Waals surface area contributed by atoms with Crippen LogP contribution in [0.2, 0.25) is 0 Å². The number of phenolic OH excluding ortho intramolecular Hbond substituents is 3. The van der Waals surface area contributed by atoms with Crippen molar-refractivity contribution in [1.29, 1.82) is 0 Å². The summed E-state index contributed by atoms with van der Waals surface area (Å²) in [5.41, 5.74) is -1.08. The molecular weight excluding hydrogens is 548 g/mol. The second kappa shape index (κ2) is 11.2. The van der Waals surface area contributed by atoms with E-state index in [2.05, 4.69) is 0 Å². The first-order valence-corrected chi connectivity index (χ1v) is 12.7. The first-order valence-electron chi connectivity index (χ1n) is 12.7. The first-order chi connectivity index (χ1) is 19.4. The molecule has 9 N–H and O–H groups in total. The minimum atomic E-state index is -1.85. The summed E-state index contributed by atoms with van der Waals surface area (Å²) in [4.78, 5) is 13.1. The summed E-state index contributed by atoms with van der Waals surface area (Å²) in [5.74, 6) is -1.39. The largest absolute Gasteiger partial charge is 0.508 e. The molecule has 0 bridgehead atoms. The van der Waals surface area contributed by atoms with Crippen molar-refractivity contribution < 1.29 is 64.6 Å². The Kier molecular flexibility index (Phi) is 7.95. The highest BCUT2D eigenvalue weighted by Crippen LogP contribution is 2.45. The van der Waals surface area contributed by atoms with Gasteiger partial charge in [-0.1, -0.05) is 0 Å². The van der Waals surface area contributed by atoms with E-state index in [-0.39, 0.29) is 28.0 Å². The van der Waals surface area contributed by atoms with Crippen molar-refractivity contribution in [3.63, 3.8) is 0 Å². The van der Waals surface area contributed by atoms with Crippen molar-refractivity contribution in [1.82, 2.24) is 0 Å². The number of aliphatic hydroxyl groups is 6. The van der Waals surface area contributed by atoms with Crippen molar-refractivity contribution >= 4 is 11.0 Å². The molecule has 2 aliphatic rings. The number of aromatic hydroxyl groups is 3. The van der Waals surface area contributed by atoms with Crippen molar-refractivity contribution in [2.45, 2.75) is 68.1 Å². The van der Waals surface area contributed by atoms with Gasteiger partial charge in [0.2, 0.25) is 0 Å². The Morgan fingerprint density at radius 2 is 1.51 bits per heavy atom. The fourth-order valence-electron chi connectivity index (χ4n) is 5.12. The predicted molar refractivity (Wildman–Crippen MR) is 137 cm³/mol. The Balaban J connectivity index is 1.67. The maximum Gasteiger partial charge on any atom is 0.197 e. The third kappa shape index (κ3) is 5.14. The predicted octanol–water partition coefficient (Wildman–Crippen LogP) is -1.06. The van der Waals surface area contributed by atoms with Crippen molar-refractivity contribution in [2.75, 3.05) is 6.61 Å². The smallest absolute Gasteiger partial charge is 0.197 e. The fraction of sp³-hybridized carbons (Fsp3) is 0.444. The van der Waals surface area contributed by atoms with Gasteiger partial charge in [-0.15, -0.1) is 0 Å². The van der Waals surface area contributed by atoms with Crippen molar-refractivity contribution in [3.8, 4) is 28.6 Å². The highest BCUT2D eigenvalue weighted by atomic mass is 16.7. The standard InChI is InChI=1S/C27H30O14/c1-9-19(33)21(35)23(37)27(38-9)41-26-22(36)20(34)16(8-28)40-25(26)18-13(31)6-12(30)17-14(32)7-15(39-24(17)18)10-2-4-11(29)5-3-10/h2-7,9,16,19-23,25-31,33-37H,8H2,1H3/t9?,16?,19-,20-,21+,22-,23?,25+,26?,27+/m1/s1. The molecule has 41 heavy (non-hydrogen) atoms. The van der Waals surface area contributed by atoms with Crippen LogP contribution in [0.25, 0.3) is 22.3 Å². The molecular formula is C27H30O14. The molecule has 14 nitrogen and oxygen atoms in total. The second-order valence-electron chi connectivity index (χ2n) is 10.1. The van der Waals surface area contributed by atoms with Gasteiger partial charge in [-0.25, -0.2) is 0 Å². The fourth-order valence-corrected chi connectivity index (χ4v) is 5.12. The average Bonchev–Trinajstić information content (AvgIpc) is 2.93.